The minimum absolute atomic E-state index is 0.0762. The number of halogens is 4. The van der Waals surface area contributed by atoms with E-state index in [1.807, 2.05) is 0 Å². The number of alkyl halides is 3. The molecule has 2 heterocycles. The molecule has 1 aromatic heterocycles. The molecule has 1 N–H and O–H groups in total. The molecule has 0 radical (unpaired) electrons. The largest absolute Gasteiger partial charge is 0.416 e. The zero-order valence-corrected chi connectivity index (χ0v) is 17.7. The maximum Gasteiger partial charge on any atom is 0.416 e. The first-order valence-electron chi connectivity index (χ1n) is 9.90. The number of rotatable bonds is 4. The van der Waals surface area contributed by atoms with Gasteiger partial charge in [-0.25, -0.2) is 4.39 Å². The van der Waals surface area contributed by atoms with Crippen molar-refractivity contribution >= 4 is 32.2 Å². The van der Waals surface area contributed by atoms with Crippen LogP contribution in [0.15, 0.2) is 41.2 Å². The van der Waals surface area contributed by atoms with Gasteiger partial charge >= 0.3 is 6.18 Å². The van der Waals surface area contributed by atoms with Gasteiger partial charge in [0.05, 0.1) is 15.9 Å². The molecule has 2 atom stereocenters. The predicted octanol–water partition coefficient (Wildman–Crippen LogP) is 4.33. The van der Waals surface area contributed by atoms with Crippen molar-refractivity contribution in [2.24, 2.45) is 5.92 Å². The summed E-state index contributed by atoms with van der Waals surface area (Å²) in [6.07, 6.45) is -4.32. The Morgan fingerprint density at radius 3 is 2.55 bits per heavy atom. The normalized spacial score (nSPS) is 19.1. The van der Waals surface area contributed by atoms with Crippen LogP contribution >= 0.6 is 11.3 Å². The lowest BCUT2D eigenvalue weighted by molar-refractivity contribution is -0.383. The van der Waals surface area contributed by atoms with Gasteiger partial charge in [0, 0.05) is 31.7 Å². The first kappa shape index (κ1) is 23.1. The van der Waals surface area contributed by atoms with Crippen LogP contribution in [0.25, 0.3) is 10.1 Å². The standard InChI is InChI=1S/C21H17F4N3O4S/c22-14-3-1-11(2-4-14)15-5-6-27(9-12(15)10-29)20-26-19(30)16-7-13(21(23,24)25)8-17(28(31)32)18(16)33-20/h1-4,7-8,12,15,29H,5-6,9-10H2/t12-,15-/m0/s1. The third-order valence-corrected chi connectivity index (χ3v) is 6.92. The van der Waals surface area contributed by atoms with E-state index >= 15 is 0 Å². The number of hydrogen-bond donors (Lipinski definition) is 1. The fourth-order valence-corrected chi connectivity index (χ4v) is 5.22. The Kier molecular flexibility index (Phi) is 6.06. The number of fused-ring (bicyclic) bond motifs is 1. The van der Waals surface area contributed by atoms with Crippen LogP contribution in [0.2, 0.25) is 0 Å². The summed E-state index contributed by atoms with van der Waals surface area (Å²) in [5, 5.41) is 21.0. The molecule has 0 aliphatic carbocycles. The molecule has 0 spiro atoms. The number of aromatic nitrogens is 1. The van der Waals surface area contributed by atoms with Gasteiger partial charge in [0.15, 0.2) is 5.13 Å². The molecule has 0 saturated carbocycles. The van der Waals surface area contributed by atoms with E-state index in [1.165, 1.54) is 12.1 Å². The molecule has 1 saturated heterocycles. The summed E-state index contributed by atoms with van der Waals surface area (Å²) in [4.78, 5) is 28.7. The fraction of sp³-hybridized carbons (Fsp3) is 0.333. The van der Waals surface area contributed by atoms with E-state index in [0.29, 0.717) is 25.1 Å². The van der Waals surface area contributed by atoms with E-state index in [1.54, 1.807) is 17.0 Å². The maximum absolute atomic E-state index is 13.3. The Morgan fingerprint density at radius 1 is 1.24 bits per heavy atom. The number of piperidine rings is 1. The van der Waals surface area contributed by atoms with Crippen molar-refractivity contribution in [3.05, 3.63) is 73.8 Å². The van der Waals surface area contributed by atoms with Gasteiger partial charge in [0.2, 0.25) is 0 Å². The monoisotopic (exact) mass is 483 g/mol. The number of anilines is 1. The summed E-state index contributed by atoms with van der Waals surface area (Å²) in [6.45, 7) is 0.457. The molecule has 1 aliphatic rings. The Morgan fingerprint density at radius 2 is 1.94 bits per heavy atom. The van der Waals surface area contributed by atoms with Crippen LogP contribution in [-0.2, 0) is 6.18 Å². The molecule has 33 heavy (non-hydrogen) atoms. The van der Waals surface area contributed by atoms with Crippen molar-refractivity contribution in [1.82, 2.24) is 4.98 Å². The number of non-ortho nitro benzene ring substituents is 1. The third kappa shape index (κ3) is 4.53. The number of hydrogen-bond acceptors (Lipinski definition) is 7. The van der Waals surface area contributed by atoms with Crippen LogP contribution in [-0.4, -0.2) is 34.7 Å². The summed E-state index contributed by atoms with van der Waals surface area (Å²) in [5.41, 5.74) is -2.24. The van der Waals surface area contributed by atoms with E-state index in [4.69, 9.17) is 0 Å². The van der Waals surface area contributed by atoms with E-state index in [2.05, 4.69) is 4.98 Å². The van der Waals surface area contributed by atoms with Crippen molar-refractivity contribution in [1.29, 1.82) is 0 Å². The van der Waals surface area contributed by atoms with Crippen LogP contribution in [0.1, 0.15) is 23.5 Å². The smallest absolute Gasteiger partial charge is 0.396 e. The van der Waals surface area contributed by atoms with Crippen LogP contribution in [0.5, 0.6) is 0 Å². The Labute approximate surface area is 188 Å². The number of nitrogens with zero attached hydrogens (tertiary/aromatic N) is 3. The SMILES string of the molecule is O=c1nc(N2CC[C@@H](c3ccc(F)cc3)[C@H](CO)C2)sc2c([N+](=O)[O-])cc(C(F)(F)F)cc12. The highest BCUT2D eigenvalue weighted by Gasteiger charge is 2.35. The Hall–Kier alpha value is -3.12. The molecule has 1 aliphatic heterocycles. The zero-order valence-electron chi connectivity index (χ0n) is 16.9. The summed E-state index contributed by atoms with van der Waals surface area (Å²) in [7, 11) is 0. The van der Waals surface area contributed by atoms with Crippen molar-refractivity contribution in [3.8, 4) is 0 Å². The van der Waals surface area contributed by atoms with Gasteiger partial charge < -0.3 is 10.0 Å². The lowest BCUT2D eigenvalue weighted by Gasteiger charge is -2.38. The summed E-state index contributed by atoms with van der Waals surface area (Å²) in [6, 6.07) is 6.95. The lowest BCUT2D eigenvalue weighted by atomic mass is 9.81. The van der Waals surface area contributed by atoms with Gasteiger partial charge in [-0.05, 0) is 36.1 Å². The molecule has 7 nitrogen and oxygen atoms in total. The Bertz CT molecular complexity index is 1260. The number of benzene rings is 2. The topological polar surface area (TPSA) is 96.6 Å². The van der Waals surface area contributed by atoms with Crippen LogP contribution in [0, 0.1) is 21.8 Å². The second kappa shape index (κ2) is 8.67. The minimum Gasteiger partial charge on any atom is -0.396 e. The summed E-state index contributed by atoms with van der Waals surface area (Å²) >= 11 is 0.768. The quantitative estimate of drug-likeness (QED) is 0.337. The van der Waals surface area contributed by atoms with Gasteiger partial charge in [0.1, 0.15) is 10.5 Å². The molecule has 0 unspecified atom stereocenters. The Balaban J connectivity index is 1.72. The fourth-order valence-electron chi connectivity index (χ4n) is 4.12. The molecule has 1 fully saturated rings. The maximum atomic E-state index is 13.3. The molecule has 0 bridgehead atoms. The average molecular weight is 483 g/mol. The van der Waals surface area contributed by atoms with Gasteiger partial charge in [-0.15, -0.1) is 0 Å². The van der Waals surface area contributed by atoms with Crippen molar-refractivity contribution < 1.29 is 27.6 Å². The molecular formula is C21H17F4N3O4S. The van der Waals surface area contributed by atoms with Gasteiger partial charge in [-0.1, -0.05) is 23.5 Å². The number of aliphatic hydroxyl groups is 1. The average Bonchev–Trinajstić information content (AvgIpc) is 2.77. The molecule has 174 valence electrons. The zero-order chi connectivity index (χ0) is 23.9. The second-order valence-electron chi connectivity index (χ2n) is 7.76. The van der Waals surface area contributed by atoms with E-state index in [9.17, 15) is 37.6 Å². The highest BCUT2D eigenvalue weighted by atomic mass is 32.1. The van der Waals surface area contributed by atoms with E-state index in [-0.39, 0.29) is 40.6 Å². The third-order valence-electron chi connectivity index (χ3n) is 5.75. The van der Waals surface area contributed by atoms with Crippen molar-refractivity contribution in [2.45, 2.75) is 18.5 Å². The van der Waals surface area contributed by atoms with Crippen molar-refractivity contribution in [2.75, 3.05) is 24.6 Å². The van der Waals surface area contributed by atoms with Crippen LogP contribution in [0.3, 0.4) is 0 Å². The lowest BCUT2D eigenvalue weighted by Crippen LogP contribution is -2.41. The minimum atomic E-state index is -4.86. The first-order valence-corrected chi connectivity index (χ1v) is 10.7. The second-order valence-corrected chi connectivity index (χ2v) is 8.74. The van der Waals surface area contributed by atoms with E-state index in [0.717, 1.165) is 16.9 Å². The molecule has 12 heteroatoms. The number of nitro benzene ring substituents is 1. The molecule has 0 amide bonds. The highest BCUT2D eigenvalue weighted by molar-refractivity contribution is 7.22. The molecular weight excluding hydrogens is 466 g/mol. The molecule has 2 aromatic carbocycles. The molecule has 3 aromatic rings. The summed E-state index contributed by atoms with van der Waals surface area (Å²) in [5.74, 6) is -0.739. The van der Waals surface area contributed by atoms with Gasteiger partial charge in [0.25, 0.3) is 11.2 Å². The van der Waals surface area contributed by atoms with Gasteiger partial charge in [-0.3, -0.25) is 14.9 Å². The summed E-state index contributed by atoms with van der Waals surface area (Å²) < 4.78 is 52.5. The van der Waals surface area contributed by atoms with Crippen LogP contribution < -0.4 is 10.5 Å². The van der Waals surface area contributed by atoms with Crippen LogP contribution in [0.4, 0.5) is 28.4 Å². The van der Waals surface area contributed by atoms with Crippen molar-refractivity contribution in [3.63, 3.8) is 0 Å². The van der Waals surface area contributed by atoms with E-state index < -0.39 is 33.3 Å². The van der Waals surface area contributed by atoms with Gasteiger partial charge in [-0.2, -0.15) is 18.2 Å². The number of aliphatic hydroxyl groups excluding tert-OH is 1. The number of nitro groups is 1. The highest BCUT2D eigenvalue weighted by Crippen LogP contribution is 2.40. The molecule has 4 rings (SSSR count). The predicted molar refractivity (Wildman–Crippen MR) is 114 cm³/mol. The first-order chi connectivity index (χ1) is 15.6.